The van der Waals surface area contributed by atoms with Gasteiger partial charge in [0, 0.05) is 22.5 Å². The number of rotatable bonds is 6. The summed E-state index contributed by atoms with van der Waals surface area (Å²) >= 11 is 1.34. The van der Waals surface area contributed by atoms with E-state index < -0.39 is 10.0 Å². The molecule has 8 heteroatoms. The van der Waals surface area contributed by atoms with Crippen molar-refractivity contribution in [3.63, 3.8) is 0 Å². The predicted molar refractivity (Wildman–Crippen MR) is 119 cm³/mol. The number of nitrogens with one attached hydrogen (secondary N) is 2. The predicted octanol–water partition coefficient (Wildman–Crippen LogP) is 4.43. The van der Waals surface area contributed by atoms with Gasteiger partial charge in [0.1, 0.15) is 0 Å². The van der Waals surface area contributed by atoms with Gasteiger partial charge in [-0.2, -0.15) is 0 Å². The fraction of sp³-hybridized carbons (Fsp3) is 0.273. The van der Waals surface area contributed by atoms with Crippen LogP contribution in [0.2, 0.25) is 0 Å². The molecule has 1 saturated carbocycles. The minimum Gasteiger partial charge on any atom is -0.298 e. The van der Waals surface area contributed by atoms with E-state index in [1.165, 1.54) is 29.0 Å². The van der Waals surface area contributed by atoms with Crippen LogP contribution in [0.1, 0.15) is 39.9 Å². The summed E-state index contributed by atoms with van der Waals surface area (Å²) in [4.78, 5) is 17.5. The van der Waals surface area contributed by atoms with Crippen LogP contribution in [0, 0.1) is 20.8 Å². The van der Waals surface area contributed by atoms with Crippen LogP contribution >= 0.6 is 11.3 Å². The topological polar surface area (TPSA) is 88.2 Å². The summed E-state index contributed by atoms with van der Waals surface area (Å²) in [5, 5.41) is 5.18. The van der Waals surface area contributed by atoms with E-state index in [9.17, 15) is 13.2 Å². The number of amides is 1. The van der Waals surface area contributed by atoms with Gasteiger partial charge in [-0.25, -0.2) is 18.1 Å². The molecule has 0 radical (unpaired) electrons. The third kappa shape index (κ3) is 4.45. The Balaban J connectivity index is 1.56. The number of sulfonamides is 1. The van der Waals surface area contributed by atoms with Crippen molar-refractivity contribution in [2.24, 2.45) is 0 Å². The number of carbonyl (C=O) groups excluding carboxylic acids is 1. The molecule has 0 spiro atoms. The second kappa shape index (κ2) is 7.94. The number of aryl methyl sites for hydroxylation is 3. The van der Waals surface area contributed by atoms with Crippen molar-refractivity contribution in [3.8, 4) is 11.3 Å². The Bertz CT molecular complexity index is 1230. The fourth-order valence-electron chi connectivity index (χ4n) is 3.22. The Morgan fingerprint density at radius 1 is 1.07 bits per heavy atom. The standard InChI is InChI=1S/C22H23N3O3S2/c1-13-4-9-18(15(3)10-13)20-12-29-22(23-20)24-21(26)19-11-17(8-5-14(19)2)30(27,28)25-16-6-7-16/h4-5,8-12,16,25H,6-7H2,1-3H3,(H,23,24,26). The van der Waals surface area contributed by atoms with Crippen LogP contribution < -0.4 is 10.0 Å². The average Bonchev–Trinajstić information content (AvgIpc) is 3.36. The van der Waals surface area contributed by atoms with E-state index in [1.54, 1.807) is 13.0 Å². The molecule has 0 aliphatic heterocycles. The molecule has 0 atom stereocenters. The number of carbonyl (C=O) groups is 1. The molecule has 6 nitrogen and oxygen atoms in total. The molecule has 1 heterocycles. The van der Waals surface area contributed by atoms with Crippen LogP contribution in [0.4, 0.5) is 5.13 Å². The lowest BCUT2D eigenvalue weighted by atomic mass is 10.0. The molecule has 1 amide bonds. The van der Waals surface area contributed by atoms with E-state index in [-0.39, 0.29) is 16.8 Å². The third-order valence-corrected chi connectivity index (χ3v) is 7.32. The molecule has 3 aromatic rings. The lowest BCUT2D eigenvalue weighted by Gasteiger charge is -2.10. The van der Waals surface area contributed by atoms with Gasteiger partial charge in [-0.1, -0.05) is 29.8 Å². The molecule has 1 fully saturated rings. The van der Waals surface area contributed by atoms with Crippen molar-refractivity contribution >= 4 is 32.4 Å². The molecular weight excluding hydrogens is 418 g/mol. The quantitative estimate of drug-likeness (QED) is 0.592. The van der Waals surface area contributed by atoms with Crippen LogP contribution in [0.15, 0.2) is 46.7 Å². The van der Waals surface area contributed by atoms with Gasteiger partial charge in [-0.05, 0) is 56.9 Å². The lowest BCUT2D eigenvalue weighted by Crippen LogP contribution is -2.26. The Hall–Kier alpha value is -2.55. The molecule has 156 valence electrons. The molecule has 1 aliphatic carbocycles. The summed E-state index contributed by atoms with van der Waals surface area (Å²) in [5.41, 5.74) is 5.14. The zero-order valence-corrected chi connectivity index (χ0v) is 18.7. The van der Waals surface area contributed by atoms with E-state index in [0.29, 0.717) is 16.3 Å². The SMILES string of the molecule is Cc1ccc(-c2csc(NC(=O)c3cc(S(=O)(=O)NC4CC4)ccc3C)n2)c(C)c1. The van der Waals surface area contributed by atoms with Gasteiger partial charge in [-0.15, -0.1) is 11.3 Å². The lowest BCUT2D eigenvalue weighted by molar-refractivity contribution is 0.102. The Morgan fingerprint density at radius 2 is 1.83 bits per heavy atom. The molecule has 30 heavy (non-hydrogen) atoms. The number of hydrogen-bond donors (Lipinski definition) is 2. The van der Waals surface area contributed by atoms with Crippen molar-refractivity contribution in [1.82, 2.24) is 9.71 Å². The average molecular weight is 442 g/mol. The number of hydrogen-bond acceptors (Lipinski definition) is 5. The molecule has 2 aromatic carbocycles. The van der Waals surface area contributed by atoms with E-state index in [4.69, 9.17) is 0 Å². The zero-order valence-electron chi connectivity index (χ0n) is 17.0. The van der Waals surface area contributed by atoms with Gasteiger partial charge in [0.2, 0.25) is 10.0 Å². The largest absolute Gasteiger partial charge is 0.298 e. The maximum absolute atomic E-state index is 12.8. The Kier molecular flexibility index (Phi) is 5.48. The number of thiazole rings is 1. The van der Waals surface area contributed by atoms with E-state index >= 15 is 0 Å². The minimum atomic E-state index is -3.63. The fourth-order valence-corrected chi connectivity index (χ4v) is 5.26. The molecule has 4 rings (SSSR count). The summed E-state index contributed by atoms with van der Waals surface area (Å²) < 4.78 is 27.6. The number of aromatic nitrogens is 1. The Morgan fingerprint density at radius 3 is 2.53 bits per heavy atom. The van der Waals surface area contributed by atoms with E-state index in [0.717, 1.165) is 29.7 Å². The van der Waals surface area contributed by atoms with Crippen LogP contribution in [-0.2, 0) is 10.0 Å². The van der Waals surface area contributed by atoms with Crippen LogP contribution in [0.25, 0.3) is 11.3 Å². The highest BCUT2D eigenvalue weighted by molar-refractivity contribution is 7.89. The van der Waals surface area contributed by atoms with Gasteiger partial charge in [0.15, 0.2) is 5.13 Å². The monoisotopic (exact) mass is 441 g/mol. The van der Waals surface area contributed by atoms with Gasteiger partial charge in [0.25, 0.3) is 5.91 Å². The van der Waals surface area contributed by atoms with Crippen LogP contribution in [-0.4, -0.2) is 25.4 Å². The second-order valence-corrected chi connectivity index (χ2v) is 10.3. The minimum absolute atomic E-state index is 0.00699. The third-order valence-electron chi connectivity index (χ3n) is 5.05. The molecule has 0 bridgehead atoms. The molecule has 0 saturated heterocycles. The van der Waals surface area contributed by atoms with Crippen LogP contribution in [0.5, 0.6) is 0 Å². The summed E-state index contributed by atoms with van der Waals surface area (Å²) in [7, 11) is -3.63. The van der Waals surface area contributed by atoms with Gasteiger partial charge in [-0.3, -0.25) is 10.1 Å². The number of anilines is 1. The smallest absolute Gasteiger partial charge is 0.257 e. The summed E-state index contributed by atoms with van der Waals surface area (Å²) in [5.74, 6) is -0.377. The molecular formula is C22H23N3O3S2. The second-order valence-electron chi connectivity index (χ2n) is 7.68. The van der Waals surface area contributed by atoms with Crippen molar-refractivity contribution in [1.29, 1.82) is 0 Å². The van der Waals surface area contributed by atoms with Gasteiger partial charge < -0.3 is 0 Å². The first-order valence-electron chi connectivity index (χ1n) is 9.70. The number of nitrogens with zero attached hydrogens (tertiary/aromatic N) is 1. The van der Waals surface area contributed by atoms with Crippen molar-refractivity contribution in [2.45, 2.75) is 44.6 Å². The highest BCUT2D eigenvalue weighted by Crippen LogP contribution is 2.29. The highest BCUT2D eigenvalue weighted by atomic mass is 32.2. The van der Waals surface area contributed by atoms with Gasteiger partial charge >= 0.3 is 0 Å². The highest BCUT2D eigenvalue weighted by Gasteiger charge is 2.28. The molecule has 2 N–H and O–H groups in total. The van der Waals surface area contributed by atoms with Gasteiger partial charge in [0.05, 0.1) is 10.6 Å². The van der Waals surface area contributed by atoms with Crippen molar-refractivity contribution in [2.75, 3.05) is 5.32 Å². The first-order valence-corrected chi connectivity index (χ1v) is 12.1. The molecule has 1 aromatic heterocycles. The maximum Gasteiger partial charge on any atom is 0.257 e. The molecule has 1 aliphatic rings. The first-order chi connectivity index (χ1) is 14.2. The molecule has 0 unspecified atom stereocenters. The summed E-state index contributed by atoms with van der Waals surface area (Å²) in [6.07, 6.45) is 1.70. The van der Waals surface area contributed by atoms with E-state index in [1.807, 2.05) is 31.4 Å². The van der Waals surface area contributed by atoms with E-state index in [2.05, 4.69) is 21.1 Å². The van der Waals surface area contributed by atoms with Crippen LogP contribution in [0.3, 0.4) is 0 Å². The first kappa shape index (κ1) is 20.7. The summed E-state index contributed by atoms with van der Waals surface area (Å²) in [6.45, 7) is 5.85. The normalized spacial score (nSPS) is 14.0. The summed E-state index contributed by atoms with van der Waals surface area (Å²) in [6, 6.07) is 10.8. The maximum atomic E-state index is 12.8. The van der Waals surface area contributed by atoms with Crippen molar-refractivity contribution < 1.29 is 13.2 Å². The zero-order chi connectivity index (χ0) is 21.5. The number of benzene rings is 2. The Labute approximate surface area is 180 Å². The van der Waals surface area contributed by atoms with Crippen molar-refractivity contribution in [3.05, 3.63) is 64.0 Å².